The summed E-state index contributed by atoms with van der Waals surface area (Å²) in [5.41, 5.74) is 0.157. The number of carbonyl (C=O) groups excluding carboxylic acids is 1. The number of anilines is 1. The van der Waals surface area contributed by atoms with Gasteiger partial charge in [0, 0.05) is 11.6 Å². The number of hydrogen-bond acceptors (Lipinski definition) is 6. The second-order valence-corrected chi connectivity index (χ2v) is 5.85. The first kappa shape index (κ1) is 18.5. The number of nitrogens with zero attached hydrogens (tertiary/aromatic N) is 1. The molecule has 27 heavy (non-hydrogen) atoms. The van der Waals surface area contributed by atoms with E-state index in [1.165, 1.54) is 19.1 Å². The summed E-state index contributed by atoms with van der Waals surface area (Å²) in [6, 6.07) is 3.55. The standard InChI is InChI=1S/C16H13F3N2O6/c1-7-6-9(4-5-10(7)26-16(17,18)19)20-13(22)11-12(8-2-3-8)27-21-14(11)25-15(23)24/h4-6,8H,2-3H2,1H3,(H,20,22)(H,23,24). The van der Waals surface area contributed by atoms with E-state index in [2.05, 4.69) is 19.9 Å². The number of rotatable bonds is 5. The summed E-state index contributed by atoms with van der Waals surface area (Å²) in [4.78, 5) is 23.3. The Morgan fingerprint density at radius 1 is 1.33 bits per heavy atom. The first-order valence-electron chi connectivity index (χ1n) is 7.72. The number of halogens is 3. The van der Waals surface area contributed by atoms with Crippen LogP contribution < -0.4 is 14.8 Å². The smallest absolute Gasteiger partial charge is 0.449 e. The summed E-state index contributed by atoms with van der Waals surface area (Å²) in [6.45, 7) is 1.38. The Kier molecular flexibility index (Phi) is 4.68. The summed E-state index contributed by atoms with van der Waals surface area (Å²) in [6.07, 6.45) is -4.99. The van der Waals surface area contributed by atoms with Crippen LogP contribution in [0.15, 0.2) is 22.7 Å². The zero-order valence-electron chi connectivity index (χ0n) is 13.8. The molecule has 144 valence electrons. The highest BCUT2D eigenvalue weighted by Crippen LogP contribution is 2.44. The van der Waals surface area contributed by atoms with Gasteiger partial charge in [-0.1, -0.05) is 0 Å². The fourth-order valence-electron chi connectivity index (χ4n) is 2.43. The Morgan fingerprint density at radius 2 is 2.04 bits per heavy atom. The van der Waals surface area contributed by atoms with E-state index < -0.39 is 30.1 Å². The number of hydrogen-bond donors (Lipinski definition) is 2. The Labute approximate surface area is 149 Å². The fraction of sp³-hybridized carbons (Fsp3) is 0.312. The molecular weight excluding hydrogens is 373 g/mol. The minimum absolute atomic E-state index is 0.0614. The van der Waals surface area contributed by atoms with Crippen LogP contribution in [0.25, 0.3) is 0 Å². The van der Waals surface area contributed by atoms with Crippen LogP contribution in [0.1, 0.15) is 40.4 Å². The van der Waals surface area contributed by atoms with Crippen molar-refractivity contribution in [3.63, 3.8) is 0 Å². The molecule has 1 aliphatic carbocycles. The summed E-state index contributed by atoms with van der Waals surface area (Å²) in [7, 11) is 0. The molecule has 1 fully saturated rings. The zero-order valence-corrected chi connectivity index (χ0v) is 13.8. The molecule has 0 aliphatic heterocycles. The van der Waals surface area contributed by atoms with Gasteiger partial charge in [-0.3, -0.25) is 4.79 Å². The molecule has 0 spiro atoms. The monoisotopic (exact) mass is 386 g/mol. The molecule has 11 heteroatoms. The van der Waals surface area contributed by atoms with Gasteiger partial charge in [-0.05, 0) is 48.7 Å². The number of ether oxygens (including phenoxy) is 2. The molecule has 0 unspecified atom stereocenters. The van der Waals surface area contributed by atoms with E-state index >= 15 is 0 Å². The highest BCUT2D eigenvalue weighted by atomic mass is 19.4. The first-order valence-corrected chi connectivity index (χ1v) is 7.72. The van der Waals surface area contributed by atoms with Gasteiger partial charge in [0.25, 0.3) is 11.8 Å². The first-order chi connectivity index (χ1) is 12.6. The van der Waals surface area contributed by atoms with Crippen LogP contribution in [-0.2, 0) is 0 Å². The van der Waals surface area contributed by atoms with Crippen molar-refractivity contribution in [1.82, 2.24) is 5.16 Å². The summed E-state index contributed by atoms with van der Waals surface area (Å²) in [5, 5.41) is 14.7. The van der Waals surface area contributed by atoms with Gasteiger partial charge in [-0.15, -0.1) is 13.2 Å². The van der Waals surface area contributed by atoms with E-state index in [4.69, 9.17) is 9.63 Å². The van der Waals surface area contributed by atoms with Gasteiger partial charge in [0.1, 0.15) is 11.3 Å². The largest absolute Gasteiger partial charge is 0.573 e. The molecule has 2 N–H and O–H groups in total. The Morgan fingerprint density at radius 3 is 2.59 bits per heavy atom. The lowest BCUT2D eigenvalue weighted by atomic mass is 10.1. The molecule has 1 saturated carbocycles. The topological polar surface area (TPSA) is 111 Å². The normalized spacial score (nSPS) is 13.9. The van der Waals surface area contributed by atoms with Crippen LogP contribution in [0, 0.1) is 6.92 Å². The summed E-state index contributed by atoms with van der Waals surface area (Å²) in [5.74, 6) is -1.50. The maximum absolute atomic E-state index is 12.6. The molecule has 1 aliphatic rings. The minimum atomic E-state index is -4.83. The SMILES string of the molecule is Cc1cc(NC(=O)c2c(OC(=O)O)noc2C2CC2)ccc1OC(F)(F)F. The molecule has 1 heterocycles. The number of benzene rings is 1. The molecule has 8 nitrogen and oxygen atoms in total. The van der Waals surface area contributed by atoms with Gasteiger partial charge in [0.15, 0.2) is 5.76 Å². The fourth-order valence-corrected chi connectivity index (χ4v) is 2.43. The third kappa shape index (κ3) is 4.49. The molecule has 0 bridgehead atoms. The third-order valence-electron chi connectivity index (χ3n) is 3.70. The maximum Gasteiger partial charge on any atom is 0.573 e. The van der Waals surface area contributed by atoms with Crippen LogP contribution in [0.3, 0.4) is 0 Å². The molecule has 1 aromatic heterocycles. The second-order valence-electron chi connectivity index (χ2n) is 5.85. The van der Waals surface area contributed by atoms with E-state index in [1.54, 1.807) is 0 Å². The Bertz CT molecular complexity index is 889. The Balaban J connectivity index is 1.82. The lowest BCUT2D eigenvalue weighted by Gasteiger charge is -2.13. The molecule has 0 saturated heterocycles. The van der Waals surface area contributed by atoms with Gasteiger partial charge >= 0.3 is 12.5 Å². The van der Waals surface area contributed by atoms with Crippen molar-refractivity contribution in [2.75, 3.05) is 5.32 Å². The number of carbonyl (C=O) groups is 2. The van der Waals surface area contributed by atoms with Crippen molar-refractivity contribution < 1.29 is 41.9 Å². The molecule has 0 radical (unpaired) electrons. The van der Waals surface area contributed by atoms with E-state index in [-0.39, 0.29) is 28.5 Å². The van der Waals surface area contributed by atoms with Crippen molar-refractivity contribution >= 4 is 17.7 Å². The predicted octanol–water partition coefficient (Wildman–Crippen LogP) is 4.07. The van der Waals surface area contributed by atoms with Crippen LogP contribution in [0.4, 0.5) is 23.7 Å². The number of nitrogens with one attached hydrogen (secondary N) is 1. The van der Waals surface area contributed by atoms with Gasteiger partial charge in [-0.2, -0.15) is 0 Å². The zero-order chi connectivity index (χ0) is 19.8. The number of aromatic nitrogens is 1. The summed E-state index contributed by atoms with van der Waals surface area (Å²) < 4.78 is 50.3. The molecule has 0 atom stereocenters. The molecule has 1 aromatic carbocycles. The van der Waals surface area contributed by atoms with Gasteiger partial charge in [0.2, 0.25) is 0 Å². The average Bonchev–Trinajstić information content (AvgIpc) is 3.29. The lowest BCUT2D eigenvalue weighted by molar-refractivity contribution is -0.274. The number of carboxylic acid groups (broad SMARTS) is 1. The third-order valence-corrected chi connectivity index (χ3v) is 3.70. The van der Waals surface area contributed by atoms with E-state index in [9.17, 15) is 22.8 Å². The molecular formula is C16H13F3N2O6. The average molecular weight is 386 g/mol. The van der Waals surface area contributed by atoms with Crippen molar-refractivity contribution in [3.05, 3.63) is 35.1 Å². The van der Waals surface area contributed by atoms with Gasteiger partial charge < -0.3 is 24.4 Å². The van der Waals surface area contributed by atoms with Crippen molar-refractivity contribution in [2.45, 2.75) is 32.0 Å². The minimum Gasteiger partial charge on any atom is -0.449 e. The second kappa shape index (κ2) is 6.82. The highest BCUT2D eigenvalue weighted by Gasteiger charge is 2.36. The van der Waals surface area contributed by atoms with Crippen LogP contribution in [-0.4, -0.2) is 28.7 Å². The van der Waals surface area contributed by atoms with Crippen molar-refractivity contribution in [2.24, 2.45) is 0 Å². The number of alkyl halides is 3. The highest BCUT2D eigenvalue weighted by molar-refractivity contribution is 6.07. The van der Waals surface area contributed by atoms with Crippen molar-refractivity contribution in [3.8, 4) is 11.6 Å². The lowest BCUT2D eigenvalue weighted by Crippen LogP contribution is -2.18. The maximum atomic E-state index is 12.6. The number of amides is 1. The van der Waals surface area contributed by atoms with E-state index in [0.717, 1.165) is 18.9 Å². The number of aryl methyl sites for hydroxylation is 1. The summed E-state index contributed by atoms with van der Waals surface area (Å²) >= 11 is 0. The molecule has 3 rings (SSSR count). The van der Waals surface area contributed by atoms with Crippen molar-refractivity contribution in [1.29, 1.82) is 0 Å². The van der Waals surface area contributed by atoms with Crippen LogP contribution >= 0.6 is 0 Å². The predicted molar refractivity (Wildman–Crippen MR) is 82.9 cm³/mol. The Hall–Kier alpha value is -3.24. The van der Waals surface area contributed by atoms with Crippen LogP contribution in [0.2, 0.25) is 0 Å². The van der Waals surface area contributed by atoms with E-state index in [1.807, 2.05) is 0 Å². The van der Waals surface area contributed by atoms with Crippen LogP contribution in [0.5, 0.6) is 11.6 Å². The van der Waals surface area contributed by atoms with Gasteiger partial charge in [-0.25, -0.2) is 4.79 Å². The van der Waals surface area contributed by atoms with Gasteiger partial charge in [0.05, 0.1) is 0 Å². The quantitative estimate of drug-likeness (QED) is 0.745. The molecule has 2 aromatic rings. The van der Waals surface area contributed by atoms with E-state index in [0.29, 0.717) is 0 Å². The molecule has 1 amide bonds.